The molecule has 0 saturated carbocycles. The fourth-order valence-corrected chi connectivity index (χ4v) is 3.41. The molecule has 1 atom stereocenters. The van der Waals surface area contributed by atoms with Crippen molar-refractivity contribution in [2.45, 2.75) is 18.9 Å². The SMILES string of the molecule is COc1cc(NC(=O)CN(C)[C@H]2CCc3ccccc32)cc(OC)c1. The first-order valence-corrected chi connectivity index (χ1v) is 8.41. The summed E-state index contributed by atoms with van der Waals surface area (Å²) in [6, 6.07) is 14.1. The molecule has 2 aromatic rings. The number of hydrogen-bond acceptors (Lipinski definition) is 4. The van der Waals surface area contributed by atoms with E-state index in [4.69, 9.17) is 9.47 Å². The van der Waals surface area contributed by atoms with Crippen LogP contribution in [0, 0.1) is 0 Å². The number of benzene rings is 2. The van der Waals surface area contributed by atoms with Crippen LogP contribution < -0.4 is 14.8 Å². The van der Waals surface area contributed by atoms with Crippen LogP contribution in [0.15, 0.2) is 42.5 Å². The van der Waals surface area contributed by atoms with Gasteiger partial charge in [-0.2, -0.15) is 0 Å². The Morgan fingerprint density at radius 2 is 1.84 bits per heavy atom. The van der Waals surface area contributed by atoms with Crippen molar-refractivity contribution in [3.8, 4) is 11.5 Å². The van der Waals surface area contributed by atoms with Gasteiger partial charge in [0.2, 0.25) is 5.91 Å². The molecular weight excluding hydrogens is 316 g/mol. The maximum absolute atomic E-state index is 12.5. The molecule has 0 spiro atoms. The summed E-state index contributed by atoms with van der Waals surface area (Å²) in [7, 11) is 5.18. The van der Waals surface area contributed by atoms with Gasteiger partial charge in [-0.3, -0.25) is 9.69 Å². The summed E-state index contributed by atoms with van der Waals surface area (Å²) in [5.41, 5.74) is 3.39. The second kappa shape index (κ2) is 7.57. The number of aryl methyl sites for hydroxylation is 1. The van der Waals surface area contributed by atoms with Crippen LogP contribution in [0.5, 0.6) is 11.5 Å². The number of fused-ring (bicyclic) bond motifs is 1. The zero-order chi connectivity index (χ0) is 17.8. The molecule has 0 aromatic heterocycles. The second-order valence-corrected chi connectivity index (χ2v) is 6.32. The first-order chi connectivity index (χ1) is 12.1. The molecule has 2 aromatic carbocycles. The lowest BCUT2D eigenvalue weighted by atomic mass is 10.1. The van der Waals surface area contributed by atoms with Gasteiger partial charge in [0.05, 0.1) is 20.8 Å². The lowest BCUT2D eigenvalue weighted by Crippen LogP contribution is -2.32. The minimum atomic E-state index is -0.0535. The van der Waals surface area contributed by atoms with Crippen LogP contribution >= 0.6 is 0 Å². The predicted octanol–water partition coefficient (Wildman–Crippen LogP) is 3.26. The molecule has 132 valence electrons. The Bertz CT molecular complexity index is 738. The van der Waals surface area contributed by atoms with Gasteiger partial charge in [0.15, 0.2) is 0 Å². The Balaban J connectivity index is 1.65. The van der Waals surface area contributed by atoms with E-state index >= 15 is 0 Å². The molecule has 5 heteroatoms. The van der Waals surface area contributed by atoms with E-state index in [1.807, 2.05) is 7.05 Å². The van der Waals surface area contributed by atoms with Crippen molar-refractivity contribution >= 4 is 11.6 Å². The summed E-state index contributed by atoms with van der Waals surface area (Å²) in [6.07, 6.45) is 2.12. The van der Waals surface area contributed by atoms with Crippen LogP contribution in [-0.4, -0.2) is 38.6 Å². The van der Waals surface area contributed by atoms with Gasteiger partial charge in [-0.25, -0.2) is 0 Å². The number of carbonyl (C=O) groups is 1. The Morgan fingerprint density at radius 1 is 1.16 bits per heavy atom. The normalized spacial score (nSPS) is 15.8. The van der Waals surface area contributed by atoms with Gasteiger partial charge in [0.25, 0.3) is 0 Å². The number of likely N-dealkylation sites (N-methyl/N-ethyl adjacent to an activating group) is 1. The van der Waals surface area contributed by atoms with E-state index in [-0.39, 0.29) is 5.91 Å². The highest BCUT2D eigenvalue weighted by molar-refractivity contribution is 5.92. The third-order valence-corrected chi connectivity index (χ3v) is 4.66. The molecular formula is C20H24N2O3. The number of ether oxygens (including phenoxy) is 2. The Labute approximate surface area is 148 Å². The number of nitrogens with one attached hydrogen (secondary N) is 1. The van der Waals surface area contributed by atoms with Gasteiger partial charge in [-0.1, -0.05) is 24.3 Å². The van der Waals surface area contributed by atoms with E-state index in [0.717, 1.165) is 12.8 Å². The highest BCUT2D eigenvalue weighted by Crippen LogP contribution is 2.34. The molecule has 0 radical (unpaired) electrons. The number of methoxy groups -OCH3 is 2. The summed E-state index contributed by atoms with van der Waals surface area (Å²) in [4.78, 5) is 14.6. The molecule has 0 bridgehead atoms. The lowest BCUT2D eigenvalue weighted by molar-refractivity contribution is -0.117. The van der Waals surface area contributed by atoms with Crippen molar-refractivity contribution in [3.63, 3.8) is 0 Å². The maximum Gasteiger partial charge on any atom is 0.238 e. The summed E-state index contributed by atoms with van der Waals surface area (Å²) in [5, 5.41) is 2.93. The Kier molecular flexibility index (Phi) is 5.24. The van der Waals surface area contributed by atoms with Gasteiger partial charge >= 0.3 is 0 Å². The van der Waals surface area contributed by atoms with Crippen molar-refractivity contribution < 1.29 is 14.3 Å². The summed E-state index contributed by atoms with van der Waals surface area (Å²) < 4.78 is 10.5. The highest BCUT2D eigenvalue weighted by atomic mass is 16.5. The maximum atomic E-state index is 12.5. The molecule has 5 nitrogen and oxygen atoms in total. The van der Waals surface area contributed by atoms with Gasteiger partial charge in [-0.15, -0.1) is 0 Å². The fraction of sp³-hybridized carbons (Fsp3) is 0.350. The van der Waals surface area contributed by atoms with Crippen molar-refractivity contribution in [3.05, 3.63) is 53.6 Å². The minimum Gasteiger partial charge on any atom is -0.497 e. The van der Waals surface area contributed by atoms with E-state index in [1.54, 1.807) is 32.4 Å². The standard InChI is InChI=1S/C20H24N2O3/c1-22(19-9-8-14-6-4-5-7-18(14)19)13-20(23)21-15-10-16(24-2)12-17(11-15)25-3/h4-7,10-12,19H,8-9,13H2,1-3H3,(H,21,23)/t19-/m0/s1. The van der Waals surface area contributed by atoms with Gasteiger partial charge < -0.3 is 14.8 Å². The summed E-state index contributed by atoms with van der Waals surface area (Å²) in [5.74, 6) is 1.24. The topological polar surface area (TPSA) is 50.8 Å². The number of amides is 1. The largest absolute Gasteiger partial charge is 0.497 e. The summed E-state index contributed by atoms with van der Waals surface area (Å²) in [6.45, 7) is 0.332. The zero-order valence-corrected chi connectivity index (χ0v) is 14.9. The number of hydrogen-bond donors (Lipinski definition) is 1. The average molecular weight is 340 g/mol. The Morgan fingerprint density at radius 3 is 2.52 bits per heavy atom. The minimum absolute atomic E-state index is 0.0535. The molecule has 1 aliphatic carbocycles. The molecule has 0 unspecified atom stereocenters. The van der Waals surface area contributed by atoms with E-state index in [2.05, 4.69) is 34.5 Å². The van der Waals surface area contributed by atoms with Crippen LogP contribution in [0.2, 0.25) is 0 Å². The first-order valence-electron chi connectivity index (χ1n) is 8.41. The van der Waals surface area contributed by atoms with Crippen LogP contribution in [0.25, 0.3) is 0 Å². The zero-order valence-electron chi connectivity index (χ0n) is 14.9. The molecule has 0 saturated heterocycles. The van der Waals surface area contributed by atoms with Gasteiger partial charge in [0.1, 0.15) is 11.5 Å². The molecule has 0 aliphatic heterocycles. The molecule has 25 heavy (non-hydrogen) atoms. The molecule has 1 aliphatic rings. The second-order valence-electron chi connectivity index (χ2n) is 6.32. The van der Waals surface area contributed by atoms with Crippen molar-refractivity contribution in [2.24, 2.45) is 0 Å². The quantitative estimate of drug-likeness (QED) is 0.877. The number of rotatable bonds is 6. The van der Waals surface area contributed by atoms with Crippen LogP contribution in [0.4, 0.5) is 5.69 Å². The highest BCUT2D eigenvalue weighted by Gasteiger charge is 2.26. The van der Waals surface area contributed by atoms with Crippen LogP contribution in [-0.2, 0) is 11.2 Å². The van der Waals surface area contributed by atoms with Gasteiger partial charge in [-0.05, 0) is 31.0 Å². The van der Waals surface area contributed by atoms with Crippen LogP contribution in [0.1, 0.15) is 23.6 Å². The van der Waals surface area contributed by atoms with E-state index in [9.17, 15) is 4.79 Å². The van der Waals surface area contributed by atoms with E-state index < -0.39 is 0 Å². The smallest absolute Gasteiger partial charge is 0.238 e. The molecule has 1 N–H and O–H groups in total. The molecule has 0 heterocycles. The summed E-state index contributed by atoms with van der Waals surface area (Å²) >= 11 is 0. The third-order valence-electron chi connectivity index (χ3n) is 4.66. The molecule has 1 amide bonds. The monoisotopic (exact) mass is 340 g/mol. The first kappa shape index (κ1) is 17.3. The number of anilines is 1. The van der Waals surface area contributed by atoms with E-state index in [0.29, 0.717) is 29.8 Å². The fourth-order valence-electron chi connectivity index (χ4n) is 3.41. The third kappa shape index (κ3) is 3.94. The number of carbonyl (C=O) groups excluding carboxylic acids is 1. The predicted molar refractivity (Wildman–Crippen MR) is 98.3 cm³/mol. The Hall–Kier alpha value is -2.53. The van der Waals surface area contributed by atoms with Gasteiger partial charge in [0, 0.05) is 29.9 Å². The molecule has 0 fully saturated rings. The van der Waals surface area contributed by atoms with Crippen molar-refractivity contribution in [1.82, 2.24) is 4.90 Å². The number of nitrogens with zero attached hydrogens (tertiary/aromatic N) is 1. The lowest BCUT2D eigenvalue weighted by Gasteiger charge is -2.24. The van der Waals surface area contributed by atoms with E-state index in [1.165, 1.54) is 11.1 Å². The average Bonchev–Trinajstić information content (AvgIpc) is 3.05. The van der Waals surface area contributed by atoms with Crippen LogP contribution in [0.3, 0.4) is 0 Å². The van der Waals surface area contributed by atoms with Crippen molar-refractivity contribution in [1.29, 1.82) is 0 Å². The van der Waals surface area contributed by atoms with Crippen molar-refractivity contribution in [2.75, 3.05) is 33.1 Å². The molecule has 3 rings (SSSR count).